The lowest BCUT2D eigenvalue weighted by molar-refractivity contribution is 0.0746. The molecule has 3 heteroatoms. The minimum absolute atomic E-state index is 0.0145. The lowest BCUT2D eigenvalue weighted by atomic mass is 9.87. The molecule has 0 N–H and O–H groups in total. The van der Waals surface area contributed by atoms with Gasteiger partial charge >= 0.3 is 0 Å². The molecule has 74 valence electrons. The van der Waals surface area contributed by atoms with Crippen LogP contribution in [-0.4, -0.2) is 11.6 Å². The minimum atomic E-state index is -0.839. The van der Waals surface area contributed by atoms with Crippen LogP contribution in [0.15, 0.2) is 0 Å². The Kier molecular flexibility index (Phi) is 1.74. The van der Waals surface area contributed by atoms with Crippen molar-refractivity contribution in [1.82, 2.24) is 0 Å². The molecule has 2 rings (SSSR count). The number of hydrogen-bond acceptors (Lipinski definition) is 3. The standard InChI is InChI=1S/C11H12O2S/c1-5-7-8(6(2)14-5)10(13)11(3,4)9(7)12/h1-4H3. The highest BCUT2D eigenvalue weighted by Crippen LogP contribution is 2.42. The Labute approximate surface area is 86.9 Å². The molecule has 1 heterocycles. The van der Waals surface area contributed by atoms with E-state index in [4.69, 9.17) is 0 Å². The van der Waals surface area contributed by atoms with Gasteiger partial charge in [0.05, 0.1) is 5.41 Å². The first kappa shape index (κ1) is 9.59. The molecule has 0 saturated carbocycles. The summed E-state index contributed by atoms with van der Waals surface area (Å²) in [5.74, 6) is -0.0290. The zero-order chi connectivity index (χ0) is 10.7. The van der Waals surface area contributed by atoms with Crippen LogP contribution in [-0.2, 0) is 0 Å². The molecule has 1 aromatic rings. The number of hydrogen-bond donors (Lipinski definition) is 0. The van der Waals surface area contributed by atoms with Gasteiger partial charge in [-0.2, -0.15) is 0 Å². The summed E-state index contributed by atoms with van der Waals surface area (Å²) < 4.78 is 0. The zero-order valence-corrected chi connectivity index (χ0v) is 9.54. The molecule has 2 nitrogen and oxygen atoms in total. The second-order valence-electron chi connectivity index (χ2n) is 4.25. The topological polar surface area (TPSA) is 34.1 Å². The molecule has 1 aromatic heterocycles. The molecular formula is C11H12O2S. The average molecular weight is 208 g/mol. The van der Waals surface area contributed by atoms with Crippen LogP contribution in [0.4, 0.5) is 0 Å². The summed E-state index contributed by atoms with van der Waals surface area (Å²) in [4.78, 5) is 25.8. The third kappa shape index (κ3) is 0.906. The predicted molar refractivity (Wildman–Crippen MR) is 56.2 cm³/mol. The predicted octanol–water partition coefficient (Wildman–Crippen LogP) is 2.77. The molecule has 0 amide bonds. The van der Waals surface area contributed by atoms with Gasteiger partial charge in [0, 0.05) is 20.9 Å². The number of thiophene rings is 1. The van der Waals surface area contributed by atoms with Gasteiger partial charge in [0.25, 0.3) is 0 Å². The molecule has 1 aliphatic rings. The maximum Gasteiger partial charge on any atom is 0.178 e. The lowest BCUT2D eigenvalue weighted by Gasteiger charge is -2.12. The van der Waals surface area contributed by atoms with Crippen molar-refractivity contribution in [2.24, 2.45) is 5.41 Å². The largest absolute Gasteiger partial charge is 0.293 e. The van der Waals surface area contributed by atoms with Crippen LogP contribution < -0.4 is 0 Å². The van der Waals surface area contributed by atoms with Crippen LogP contribution in [0.2, 0.25) is 0 Å². The van der Waals surface area contributed by atoms with Crippen LogP contribution >= 0.6 is 11.3 Å². The SMILES string of the molecule is Cc1sc(C)c2c1C(=O)C(C)(C)C2=O. The van der Waals surface area contributed by atoms with Crippen LogP contribution in [0.1, 0.15) is 44.3 Å². The maximum absolute atomic E-state index is 11.9. The number of ketones is 2. The van der Waals surface area contributed by atoms with Crippen molar-refractivity contribution in [3.05, 3.63) is 20.9 Å². The lowest BCUT2D eigenvalue weighted by Crippen LogP contribution is -2.26. The summed E-state index contributed by atoms with van der Waals surface area (Å²) in [6, 6.07) is 0. The van der Waals surface area contributed by atoms with Crippen molar-refractivity contribution in [3.63, 3.8) is 0 Å². The Morgan fingerprint density at radius 2 is 1.29 bits per heavy atom. The number of carbonyl (C=O) groups excluding carboxylic acids is 2. The average Bonchev–Trinajstić information content (AvgIpc) is 2.45. The minimum Gasteiger partial charge on any atom is -0.293 e. The molecule has 0 unspecified atom stereocenters. The Hall–Kier alpha value is -0.960. The van der Waals surface area contributed by atoms with Gasteiger partial charge in [-0.1, -0.05) is 0 Å². The first-order chi connectivity index (χ1) is 6.37. The molecule has 1 aliphatic carbocycles. The summed E-state index contributed by atoms with van der Waals surface area (Å²) in [6.45, 7) is 7.23. The summed E-state index contributed by atoms with van der Waals surface area (Å²) in [5.41, 5.74) is 0.499. The van der Waals surface area contributed by atoms with E-state index in [9.17, 15) is 9.59 Å². The van der Waals surface area contributed by atoms with Gasteiger partial charge in [0.2, 0.25) is 0 Å². The normalized spacial score (nSPS) is 18.9. The van der Waals surface area contributed by atoms with Gasteiger partial charge in [-0.15, -0.1) is 11.3 Å². The maximum atomic E-state index is 11.9. The van der Waals surface area contributed by atoms with E-state index in [0.717, 1.165) is 9.75 Å². The van der Waals surface area contributed by atoms with E-state index >= 15 is 0 Å². The van der Waals surface area contributed by atoms with E-state index in [2.05, 4.69) is 0 Å². The molecule has 0 atom stereocenters. The monoisotopic (exact) mass is 208 g/mol. The molecular weight excluding hydrogens is 196 g/mol. The summed E-state index contributed by atoms with van der Waals surface area (Å²) >= 11 is 1.54. The van der Waals surface area contributed by atoms with Crippen LogP contribution in [0.25, 0.3) is 0 Å². The van der Waals surface area contributed by atoms with Gasteiger partial charge in [0.15, 0.2) is 11.6 Å². The van der Waals surface area contributed by atoms with Crippen LogP contribution in [0.5, 0.6) is 0 Å². The van der Waals surface area contributed by atoms with Crippen LogP contribution in [0.3, 0.4) is 0 Å². The Balaban J connectivity index is 2.78. The summed E-state index contributed by atoms with van der Waals surface area (Å²) in [5, 5.41) is 0. The number of rotatable bonds is 0. The van der Waals surface area contributed by atoms with E-state index in [1.165, 1.54) is 11.3 Å². The third-order valence-electron chi connectivity index (χ3n) is 2.85. The highest BCUT2D eigenvalue weighted by atomic mass is 32.1. The first-order valence-corrected chi connectivity index (χ1v) is 5.38. The van der Waals surface area contributed by atoms with Gasteiger partial charge in [-0.25, -0.2) is 0 Å². The molecule has 14 heavy (non-hydrogen) atoms. The van der Waals surface area contributed by atoms with Gasteiger partial charge in [0.1, 0.15) is 0 Å². The zero-order valence-electron chi connectivity index (χ0n) is 8.72. The smallest absolute Gasteiger partial charge is 0.178 e. The van der Waals surface area contributed by atoms with Crippen LogP contribution in [0, 0.1) is 19.3 Å². The van der Waals surface area contributed by atoms with Crippen molar-refractivity contribution in [3.8, 4) is 0 Å². The molecule has 0 spiro atoms. The second-order valence-corrected chi connectivity index (χ2v) is 5.68. The number of carbonyl (C=O) groups is 2. The highest BCUT2D eigenvalue weighted by Gasteiger charge is 2.48. The number of aryl methyl sites for hydroxylation is 2. The fourth-order valence-electron chi connectivity index (χ4n) is 1.96. The Morgan fingerprint density at radius 1 is 0.929 bits per heavy atom. The van der Waals surface area contributed by atoms with Crippen molar-refractivity contribution in [2.75, 3.05) is 0 Å². The van der Waals surface area contributed by atoms with Gasteiger partial charge in [-0.05, 0) is 27.7 Å². The Bertz CT molecular complexity index is 414. The van der Waals surface area contributed by atoms with Crippen molar-refractivity contribution in [1.29, 1.82) is 0 Å². The molecule has 0 aromatic carbocycles. The number of fused-ring (bicyclic) bond motifs is 1. The van der Waals surface area contributed by atoms with E-state index in [-0.39, 0.29) is 11.6 Å². The van der Waals surface area contributed by atoms with Gasteiger partial charge in [-0.3, -0.25) is 9.59 Å². The van der Waals surface area contributed by atoms with E-state index < -0.39 is 5.41 Å². The third-order valence-corrected chi connectivity index (χ3v) is 3.87. The highest BCUT2D eigenvalue weighted by molar-refractivity contribution is 7.12. The number of Topliss-reactive ketones (excluding diaryl/α,β-unsaturated/α-hetero) is 2. The van der Waals surface area contributed by atoms with Gasteiger partial charge < -0.3 is 0 Å². The van der Waals surface area contributed by atoms with E-state index in [1.807, 2.05) is 13.8 Å². The molecule has 0 radical (unpaired) electrons. The molecule has 0 bridgehead atoms. The second kappa shape index (κ2) is 2.54. The molecule has 0 saturated heterocycles. The Morgan fingerprint density at radius 3 is 1.64 bits per heavy atom. The van der Waals surface area contributed by atoms with E-state index in [1.54, 1.807) is 13.8 Å². The quantitative estimate of drug-likeness (QED) is 0.614. The molecule has 0 fully saturated rings. The van der Waals surface area contributed by atoms with Crippen molar-refractivity contribution >= 4 is 22.9 Å². The summed E-state index contributed by atoms with van der Waals surface area (Å²) in [6.07, 6.45) is 0. The molecule has 0 aliphatic heterocycles. The fourth-order valence-corrected chi connectivity index (χ4v) is 3.01. The van der Waals surface area contributed by atoms with E-state index in [0.29, 0.717) is 11.1 Å². The van der Waals surface area contributed by atoms with Crippen molar-refractivity contribution < 1.29 is 9.59 Å². The first-order valence-electron chi connectivity index (χ1n) is 4.57. The van der Waals surface area contributed by atoms with Crippen molar-refractivity contribution in [2.45, 2.75) is 27.7 Å². The summed E-state index contributed by atoms with van der Waals surface area (Å²) in [7, 11) is 0. The fraction of sp³-hybridized carbons (Fsp3) is 0.455.